The number of hydrogen-bond donors (Lipinski definition) is 1. The number of aromatic nitrogens is 1. The van der Waals surface area contributed by atoms with E-state index in [9.17, 15) is 4.39 Å². The highest BCUT2D eigenvalue weighted by Crippen LogP contribution is 2.27. The van der Waals surface area contributed by atoms with Crippen molar-refractivity contribution in [3.63, 3.8) is 0 Å². The van der Waals surface area contributed by atoms with Crippen LogP contribution in [0.5, 0.6) is 0 Å². The predicted octanol–water partition coefficient (Wildman–Crippen LogP) is 2.93. The van der Waals surface area contributed by atoms with Crippen molar-refractivity contribution in [3.05, 3.63) is 24.0 Å². The van der Waals surface area contributed by atoms with E-state index in [1.54, 1.807) is 6.07 Å². The molecule has 2 heterocycles. The highest BCUT2D eigenvalue weighted by molar-refractivity contribution is 5.88. The second-order valence-corrected chi connectivity index (χ2v) is 5.68. The first kappa shape index (κ1) is 21.0. The average molecular weight is 379 g/mol. The lowest BCUT2D eigenvalue weighted by Crippen LogP contribution is -2.47. The van der Waals surface area contributed by atoms with E-state index in [0.29, 0.717) is 5.58 Å². The molecule has 0 saturated carbocycles. The zero-order chi connectivity index (χ0) is 15.4. The number of fused-ring (bicyclic) bond motifs is 1. The smallest absolute Gasteiger partial charge is 0.180 e. The summed E-state index contributed by atoms with van der Waals surface area (Å²) >= 11 is 0. The number of halogens is 3. The van der Waals surface area contributed by atoms with E-state index in [0.717, 1.165) is 57.0 Å². The summed E-state index contributed by atoms with van der Waals surface area (Å²) in [6, 6.07) is 4.60. The Morgan fingerprint density at radius 2 is 1.96 bits per heavy atom. The van der Waals surface area contributed by atoms with Crippen LogP contribution in [-0.2, 0) is 0 Å². The van der Waals surface area contributed by atoms with E-state index in [-0.39, 0.29) is 30.6 Å². The Kier molecular flexibility index (Phi) is 8.76. The second-order valence-electron chi connectivity index (χ2n) is 5.68. The molecule has 8 heteroatoms. The van der Waals surface area contributed by atoms with E-state index in [2.05, 4.69) is 27.2 Å². The highest BCUT2D eigenvalue weighted by atomic mass is 35.5. The largest absolute Gasteiger partial charge is 0.354 e. The lowest BCUT2D eigenvalue weighted by molar-refractivity contribution is 0.253. The zero-order valence-corrected chi connectivity index (χ0v) is 15.5. The van der Waals surface area contributed by atoms with Crippen molar-refractivity contribution in [1.29, 1.82) is 0 Å². The minimum absolute atomic E-state index is 0. The van der Waals surface area contributed by atoms with Gasteiger partial charge in [0.2, 0.25) is 0 Å². The summed E-state index contributed by atoms with van der Waals surface area (Å²) in [7, 11) is 0. The summed E-state index contributed by atoms with van der Waals surface area (Å²) in [4.78, 5) is 4.71. The van der Waals surface area contributed by atoms with E-state index in [4.69, 9.17) is 4.52 Å². The first-order chi connectivity index (χ1) is 10.8. The van der Waals surface area contributed by atoms with Crippen LogP contribution in [-0.4, -0.2) is 55.9 Å². The lowest BCUT2D eigenvalue weighted by Gasteiger charge is -2.34. The molecule has 3 rings (SSSR count). The van der Waals surface area contributed by atoms with Crippen LogP contribution >= 0.6 is 24.8 Å². The molecule has 24 heavy (non-hydrogen) atoms. The molecule has 0 bridgehead atoms. The first-order valence-corrected chi connectivity index (χ1v) is 8.01. The van der Waals surface area contributed by atoms with Gasteiger partial charge in [0.15, 0.2) is 11.4 Å². The third-order valence-electron chi connectivity index (χ3n) is 4.16. The number of hydrogen-bond acceptors (Lipinski definition) is 5. The van der Waals surface area contributed by atoms with Gasteiger partial charge in [0.25, 0.3) is 0 Å². The molecule has 1 N–H and O–H groups in total. The molecular formula is C16H25Cl2FN4O. The molecule has 0 atom stereocenters. The molecule has 1 aliphatic rings. The molecule has 136 valence electrons. The SMILES string of the molecule is CCNCCCN1CCN(c2noc3cc(F)ccc23)CC1.Cl.Cl. The third-order valence-corrected chi connectivity index (χ3v) is 4.16. The van der Waals surface area contributed by atoms with Crippen LogP contribution in [0.3, 0.4) is 0 Å². The Morgan fingerprint density at radius 3 is 2.67 bits per heavy atom. The maximum absolute atomic E-state index is 13.2. The Morgan fingerprint density at radius 1 is 1.21 bits per heavy atom. The van der Waals surface area contributed by atoms with Crippen LogP contribution in [0, 0.1) is 5.82 Å². The van der Waals surface area contributed by atoms with Gasteiger partial charge >= 0.3 is 0 Å². The van der Waals surface area contributed by atoms with Crippen LogP contribution in [0.15, 0.2) is 22.7 Å². The fraction of sp³-hybridized carbons (Fsp3) is 0.562. The highest BCUT2D eigenvalue weighted by Gasteiger charge is 2.21. The van der Waals surface area contributed by atoms with E-state index in [1.165, 1.54) is 18.6 Å². The van der Waals surface area contributed by atoms with Gasteiger partial charge < -0.3 is 14.7 Å². The summed E-state index contributed by atoms with van der Waals surface area (Å²) < 4.78 is 18.4. The van der Waals surface area contributed by atoms with Crippen molar-refractivity contribution in [3.8, 4) is 0 Å². The van der Waals surface area contributed by atoms with E-state index < -0.39 is 0 Å². The Labute approximate surface area is 154 Å². The van der Waals surface area contributed by atoms with Crippen molar-refractivity contribution in [2.45, 2.75) is 13.3 Å². The minimum Gasteiger partial charge on any atom is -0.354 e. The van der Waals surface area contributed by atoms with Gasteiger partial charge in [-0.1, -0.05) is 12.1 Å². The molecule has 1 fully saturated rings. The fourth-order valence-electron chi connectivity index (χ4n) is 2.91. The second kappa shape index (κ2) is 10.0. The van der Waals surface area contributed by atoms with Gasteiger partial charge in [-0.2, -0.15) is 0 Å². The van der Waals surface area contributed by atoms with Crippen molar-refractivity contribution >= 4 is 41.6 Å². The van der Waals surface area contributed by atoms with Gasteiger partial charge in [0, 0.05) is 32.2 Å². The molecule has 1 aliphatic heterocycles. The molecule has 0 amide bonds. The number of nitrogens with one attached hydrogen (secondary N) is 1. The molecule has 5 nitrogen and oxygen atoms in total. The quantitative estimate of drug-likeness (QED) is 0.782. The van der Waals surface area contributed by atoms with Crippen molar-refractivity contribution < 1.29 is 8.91 Å². The van der Waals surface area contributed by atoms with Crippen LogP contribution in [0.4, 0.5) is 10.2 Å². The van der Waals surface area contributed by atoms with Crippen molar-refractivity contribution in [2.24, 2.45) is 0 Å². The third kappa shape index (κ3) is 4.96. The fourth-order valence-corrected chi connectivity index (χ4v) is 2.91. The van der Waals surface area contributed by atoms with Crippen molar-refractivity contribution in [1.82, 2.24) is 15.4 Å². The number of piperazine rings is 1. The topological polar surface area (TPSA) is 44.5 Å². The number of rotatable bonds is 6. The van der Waals surface area contributed by atoms with E-state index >= 15 is 0 Å². The lowest BCUT2D eigenvalue weighted by atomic mass is 10.2. The standard InChI is InChI=1S/C16H23FN4O.2ClH/c1-2-18-6-3-7-20-8-10-21(11-9-20)16-14-5-4-13(17)12-15(14)22-19-16;;/h4-5,12,18H,2-3,6-11H2,1H3;2*1H. The average Bonchev–Trinajstić information content (AvgIpc) is 2.95. The zero-order valence-electron chi connectivity index (χ0n) is 13.8. The van der Waals surface area contributed by atoms with Gasteiger partial charge in [-0.25, -0.2) is 4.39 Å². The normalized spacial score (nSPS) is 15.2. The number of anilines is 1. The Hall–Kier alpha value is -1.08. The first-order valence-electron chi connectivity index (χ1n) is 8.01. The minimum atomic E-state index is -0.291. The Balaban J connectivity index is 0.00000144. The van der Waals surface area contributed by atoms with Gasteiger partial charge in [-0.3, -0.25) is 4.90 Å². The summed E-state index contributed by atoms with van der Waals surface area (Å²) in [5.41, 5.74) is 0.517. The number of nitrogens with zero attached hydrogens (tertiary/aromatic N) is 3. The number of benzene rings is 1. The van der Waals surface area contributed by atoms with E-state index in [1.807, 2.05) is 0 Å². The molecule has 1 aromatic heterocycles. The molecule has 0 aliphatic carbocycles. The molecule has 0 spiro atoms. The van der Waals surface area contributed by atoms with Gasteiger partial charge in [-0.15, -0.1) is 24.8 Å². The van der Waals surface area contributed by atoms with Crippen molar-refractivity contribution in [2.75, 3.05) is 50.7 Å². The predicted molar refractivity (Wildman–Crippen MR) is 100 cm³/mol. The molecule has 1 aromatic carbocycles. The maximum Gasteiger partial charge on any atom is 0.180 e. The summed E-state index contributed by atoms with van der Waals surface area (Å²) in [5, 5.41) is 8.37. The van der Waals surface area contributed by atoms with Crippen LogP contribution in [0.25, 0.3) is 11.0 Å². The summed E-state index contributed by atoms with van der Waals surface area (Å²) in [6.07, 6.45) is 1.18. The Bertz CT molecular complexity index is 617. The van der Waals surface area contributed by atoms with Gasteiger partial charge in [-0.05, 0) is 38.2 Å². The van der Waals surface area contributed by atoms with Gasteiger partial charge in [0.05, 0.1) is 5.39 Å². The molecule has 2 aromatic rings. The summed E-state index contributed by atoms with van der Waals surface area (Å²) in [6.45, 7) is 9.30. The summed E-state index contributed by atoms with van der Waals surface area (Å²) in [5.74, 6) is 0.544. The van der Waals surface area contributed by atoms with Crippen LogP contribution in [0.2, 0.25) is 0 Å². The molecular weight excluding hydrogens is 354 g/mol. The molecule has 0 radical (unpaired) electrons. The molecule has 0 unspecified atom stereocenters. The van der Waals surface area contributed by atoms with Gasteiger partial charge in [0.1, 0.15) is 5.82 Å². The molecule has 1 saturated heterocycles. The van der Waals surface area contributed by atoms with Crippen LogP contribution in [0.1, 0.15) is 13.3 Å². The monoisotopic (exact) mass is 378 g/mol. The van der Waals surface area contributed by atoms with Crippen LogP contribution < -0.4 is 10.2 Å². The maximum atomic E-state index is 13.2.